The van der Waals surface area contributed by atoms with Gasteiger partial charge in [0, 0.05) is 23.3 Å². The number of nitrogens with one attached hydrogen (secondary N) is 1. The fourth-order valence-electron chi connectivity index (χ4n) is 1.64. The molecule has 1 aromatic heterocycles. The minimum Gasteiger partial charge on any atom is -0.340 e. The fraction of sp³-hybridized carbons (Fsp3) is 0.0833. The zero-order valence-electron chi connectivity index (χ0n) is 10.3. The van der Waals surface area contributed by atoms with E-state index in [1.54, 1.807) is 25.2 Å². The number of anilines is 1. The Kier molecular flexibility index (Phi) is 4.10. The van der Waals surface area contributed by atoms with E-state index < -0.39 is 10.8 Å². The van der Waals surface area contributed by atoms with Crippen LogP contribution >= 0.6 is 27.5 Å². The molecule has 6 nitrogen and oxygen atoms in total. The second-order valence-electron chi connectivity index (χ2n) is 4.03. The van der Waals surface area contributed by atoms with E-state index in [4.69, 9.17) is 11.6 Å². The molecule has 8 heteroatoms. The molecular weight excluding hydrogens is 350 g/mol. The van der Waals surface area contributed by atoms with Crippen molar-refractivity contribution in [3.8, 4) is 0 Å². The van der Waals surface area contributed by atoms with Crippen LogP contribution in [0.2, 0.25) is 5.02 Å². The van der Waals surface area contributed by atoms with Crippen molar-refractivity contribution in [1.82, 2.24) is 4.57 Å². The summed E-state index contributed by atoms with van der Waals surface area (Å²) in [5.41, 5.74) is 0.604. The summed E-state index contributed by atoms with van der Waals surface area (Å²) in [6, 6.07) is 6.15. The first kappa shape index (κ1) is 14.5. The number of nitro groups is 1. The molecule has 0 atom stereocenters. The number of hydrogen-bond donors (Lipinski definition) is 1. The van der Waals surface area contributed by atoms with Crippen LogP contribution in [0.3, 0.4) is 0 Å². The highest BCUT2D eigenvalue weighted by atomic mass is 79.9. The Labute approximate surface area is 127 Å². The van der Waals surface area contributed by atoms with E-state index in [-0.39, 0.29) is 11.4 Å². The van der Waals surface area contributed by atoms with Crippen LogP contribution in [0, 0.1) is 10.1 Å². The van der Waals surface area contributed by atoms with Crippen molar-refractivity contribution in [3.05, 3.63) is 55.8 Å². The van der Waals surface area contributed by atoms with Gasteiger partial charge in [0.2, 0.25) is 0 Å². The van der Waals surface area contributed by atoms with E-state index in [0.717, 1.165) is 0 Å². The van der Waals surface area contributed by atoms with Gasteiger partial charge in [-0.3, -0.25) is 14.9 Å². The molecule has 0 unspecified atom stereocenters. The van der Waals surface area contributed by atoms with E-state index in [1.165, 1.54) is 16.8 Å². The summed E-state index contributed by atoms with van der Waals surface area (Å²) in [4.78, 5) is 22.2. The van der Waals surface area contributed by atoms with Crippen molar-refractivity contribution in [3.63, 3.8) is 0 Å². The molecule has 2 rings (SSSR count). The number of aromatic nitrogens is 1. The summed E-state index contributed by atoms with van der Waals surface area (Å²) < 4.78 is 2.05. The van der Waals surface area contributed by atoms with E-state index in [1.807, 2.05) is 0 Å². The standard InChI is InChI=1S/C12H9BrClN3O3/c1-16-6-8(17(19)20)5-11(16)12(18)15-7-2-3-10(14)9(13)4-7/h2-6H,1H3,(H,15,18). The number of rotatable bonds is 3. The summed E-state index contributed by atoms with van der Waals surface area (Å²) in [5, 5.41) is 13.8. The predicted molar refractivity (Wildman–Crippen MR) is 79.2 cm³/mol. The molecule has 104 valence electrons. The van der Waals surface area contributed by atoms with Crippen LogP contribution in [0.5, 0.6) is 0 Å². The van der Waals surface area contributed by atoms with E-state index >= 15 is 0 Å². The Hall–Kier alpha value is -1.86. The lowest BCUT2D eigenvalue weighted by atomic mass is 10.3. The maximum atomic E-state index is 12.1. The second-order valence-corrected chi connectivity index (χ2v) is 5.30. The van der Waals surface area contributed by atoms with Crippen LogP contribution in [-0.4, -0.2) is 15.4 Å². The minimum absolute atomic E-state index is 0.130. The lowest BCUT2D eigenvalue weighted by Gasteiger charge is -2.06. The lowest BCUT2D eigenvalue weighted by Crippen LogP contribution is -2.15. The number of carbonyl (C=O) groups excluding carboxylic acids is 1. The molecule has 1 heterocycles. The molecule has 0 saturated carbocycles. The fourth-order valence-corrected chi connectivity index (χ4v) is 2.14. The monoisotopic (exact) mass is 357 g/mol. The number of carbonyl (C=O) groups is 1. The Bertz CT molecular complexity index is 699. The molecule has 0 radical (unpaired) electrons. The Morgan fingerprint density at radius 3 is 2.70 bits per heavy atom. The van der Waals surface area contributed by atoms with Crippen molar-refractivity contribution in [2.45, 2.75) is 0 Å². The van der Waals surface area contributed by atoms with Crippen molar-refractivity contribution in [2.24, 2.45) is 7.05 Å². The SMILES string of the molecule is Cn1cc([N+](=O)[O-])cc1C(=O)Nc1ccc(Cl)c(Br)c1. The molecule has 20 heavy (non-hydrogen) atoms. The Morgan fingerprint density at radius 1 is 1.45 bits per heavy atom. The van der Waals surface area contributed by atoms with Gasteiger partial charge >= 0.3 is 0 Å². The number of aryl methyl sites for hydroxylation is 1. The molecule has 2 aromatic rings. The van der Waals surface area contributed by atoms with Crippen LogP contribution in [-0.2, 0) is 7.05 Å². The van der Waals surface area contributed by atoms with Crippen molar-refractivity contribution < 1.29 is 9.72 Å². The highest BCUT2D eigenvalue weighted by Crippen LogP contribution is 2.26. The molecule has 1 amide bonds. The van der Waals surface area contributed by atoms with Crippen molar-refractivity contribution >= 4 is 44.8 Å². The number of hydrogen-bond acceptors (Lipinski definition) is 3. The maximum Gasteiger partial charge on any atom is 0.287 e. The van der Waals surface area contributed by atoms with E-state index in [2.05, 4.69) is 21.2 Å². The van der Waals surface area contributed by atoms with Crippen LogP contribution < -0.4 is 5.32 Å². The van der Waals surface area contributed by atoms with Gasteiger partial charge in [-0.2, -0.15) is 0 Å². The largest absolute Gasteiger partial charge is 0.340 e. The third-order valence-electron chi connectivity index (χ3n) is 2.61. The summed E-state index contributed by atoms with van der Waals surface area (Å²) in [6.45, 7) is 0. The number of nitrogens with zero attached hydrogens (tertiary/aromatic N) is 2. The average molecular weight is 359 g/mol. The highest BCUT2D eigenvalue weighted by Gasteiger charge is 2.17. The molecule has 0 spiro atoms. The number of benzene rings is 1. The summed E-state index contributed by atoms with van der Waals surface area (Å²) in [7, 11) is 1.57. The second kappa shape index (κ2) is 5.64. The van der Waals surface area contributed by atoms with Gasteiger partial charge in [0.05, 0.1) is 16.1 Å². The van der Waals surface area contributed by atoms with E-state index in [9.17, 15) is 14.9 Å². The zero-order valence-corrected chi connectivity index (χ0v) is 12.6. The van der Waals surface area contributed by atoms with Gasteiger partial charge in [0.25, 0.3) is 11.6 Å². The van der Waals surface area contributed by atoms with Gasteiger partial charge in [-0.25, -0.2) is 0 Å². The first-order chi connectivity index (χ1) is 9.38. The quantitative estimate of drug-likeness (QED) is 0.672. The van der Waals surface area contributed by atoms with Gasteiger partial charge in [-0.1, -0.05) is 11.6 Å². The highest BCUT2D eigenvalue weighted by molar-refractivity contribution is 9.10. The molecule has 0 fully saturated rings. The molecule has 0 bridgehead atoms. The van der Waals surface area contributed by atoms with Crippen molar-refractivity contribution in [2.75, 3.05) is 5.32 Å². The van der Waals surface area contributed by atoms with Crippen LogP contribution in [0.15, 0.2) is 34.9 Å². The third-order valence-corrected chi connectivity index (χ3v) is 3.83. The lowest BCUT2D eigenvalue weighted by molar-refractivity contribution is -0.384. The van der Waals surface area contributed by atoms with Crippen LogP contribution in [0.4, 0.5) is 11.4 Å². The average Bonchev–Trinajstić information content (AvgIpc) is 2.76. The van der Waals surface area contributed by atoms with Gasteiger partial charge in [-0.05, 0) is 34.1 Å². The smallest absolute Gasteiger partial charge is 0.287 e. The van der Waals surface area contributed by atoms with Crippen molar-refractivity contribution in [1.29, 1.82) is 0 Å². The molecule has 0 aliphatic carbocycles. The molecule has 0 saturated heterocycles. The number of halogens is 2. The molecule has 1 N–H and O–H groups in total. The zero-order chi connectivity index (χ0) is 14.9. The Balaban J connectivity index is 2.23. The first-order valence-electron chi connectivity index (χ1n) is 5.45. The van der Waals surface area contributed by atoms with E-state index in [0.29, 0.717) is 15.2 Å². The molecule has 0 aliphatic rings. The van der Waals surface area contributed by atoms with Gasteiger partial charge < -0.3 is 9.88 Å². The number of amides is 1. The molecule has 0 aliphatic heterocycles. The Morgan fingerprint density at radius 2 is 2.15 bits per heavy atom. The summed E-state index contributed by atoms with van der Waals surface area (Å²) >= 11 is 9.11. The first-order valence-corrected chi connectivity index (χ1v) is 6.62. The topological polar surface area (TPSA) is 77.2 Å². The maximum absolute atomic E-state index is 12.1. The van der Waals surface area contributed by atoms with Gasteiger partial charge in [0.1, 0.15) is 5.69 Å². The predicted octanol–water partition coefficient (Wildman–Crippen LogP) is 3.60. The third kappa shape index (κ3) is 3.00. The molecule has 1 aromatic carbocycles. The summed E-state index contributed by atoms with van der Waals surface area (Å²) in [6.07, 6.45) is 1.28. The van der Waals surface area contributed by atoms with Gasteiger partial charge in [0.15, 0.2) is 0 Å². The van der Waals surface area contributed by atoms with Crippen LogP contribution in [0.25, 0.3) is 0 Å². The van der Waals surface area contributed by atoms with Gasteiger partial charge in [-0.15, -0.1) is 0 Å². The van der Waals surface area contributed by atoms with Crippen LogP contribution in [0.1, 0.15) is 10.5 Å². The normalized spacial score (nSPS) is 10.3. The summed E-state index contributed by atoms with van der Waals surface area (Å²) in [5.74, 6) is -0.435. The molecular formula is C12H9BrClN3O3. The minimum atomic E-state index is -0.546.